The Morgan fingerprint density at radius 1 is 1.17 bits per heavy atom. The van der Waals surface area contributed by atoms with Gasteiger partial charge in [0, 0.05) is 0 Å². The zero-order valence-corrected chi connectivity index (χ0v) is 10.2. The Balaban J connectivity index is 4.42. The average Bonchev–Trinajstić information content (AvgIpc) is 1.98. The summed E-state index contributed by atoms with van der Waals surface area (Å²) in [5.74, 6) is 0. The van der Waals surface area contributed by atoms with E-state index >= 15 is 0 Å². The van der Waals surface area contributed by atoms with Crippen LogP contribution >= 0.6 is 0 Å². The van der Waals surface area contributed by atoms with Crippen LogP contribution < -0.4 is 0 Å². The molecule has 0 aliphatic rings. The molecule has 0 radical (unpaired) electrons. The molecular formula is C7H11N2O2W. The molecule has 67 valence electrons. The zero-order chi connectivity index (χ0) is 9.56. The van der Waals surface area contributed by atoms with Crippen molar-refractivity contribution in [1.29, 1.82) is 0 Å². The predicted octanol–water partition coefficient (Wildman–Crippen LogP) is 2.84. The molecule has 0 aliphatic carbocycles. The maximum absolute atomic E-state index is 10.0. The first-order valence-corrected chi connectivity index (χ1v) is 7.65. The first-order chi connectivity index (χ1) is 5.60. The third kappa shape index (κ3) is 5.08. The summed E-state index contributed by atoms with van der Waals surface area (Å²) >= 11 is -2.89. The molecule has 0 spiro atoms. The van der Waals surface area contributed by atoms with E-state index in [2.05, 4.69) is 7.47 Å². The fraction of sp³-hybridized carbons (Fsp3) is 0.429. The molecule has 0 aromatic rings. The van der Waals surface area contributed by atoms with Gasteiger partial charge in [0.1, 0.15) is 0 Å². The average molecular weight is 339 g/mol. The number of allylic oxidation sites excluding steroid dienone is 3. The number of hydrogen-bond donors (Lipinski definition) is 0. The number of rotatable bonds is 4. The molecule has 0 saturated heterocycles. The topological polar surface area (TPSA) is 58.9 Å². The summed E-state index contributed by atoms with van der Waals surface area (Å²) in [6.45, 7) is 5.73. The molecule has 0 aromatic carbocycles. The van der Waals surface area contributed by atoms with Gasteiger partial charge in [0.2, 0.25) is 0 Å². The second-order valence-corrected chi connectivity index (χ2v) is 6.54. The van der Waals surface area contributed by atoms with E-state index in [-0.39, 0.29) is 0 Å². The fourth-order valence-corrected chi connectivity index (χ4v) is 2.56. The minimum absolute atomic E-state index is 0.905. The van der Waals surface area contributed by atoms with Gasteiger partial charge in [-0.15, -0.1) is 0 Å². The van der Waals surface area contributed by atoms with E-state index in [9.17, 15) is 9.81 Å². The first-order valence-electron chi connectivity index (χ1n) is 3.33. The van der Waals surface area contributed by atoms with Gasteiger partial charge >= 0.3 is 77.6 Å². The van der Waals surface area contributed by atoms with Crippen molar-refractivity contribution >= 4 is 0 Å². The van der Waals surface area contributed by atoms with Gasteiger partial charge in [-0.2, -0.15) is 0 Å². The van der Waals surface area contributed by atoms with Crippen LogP contribution in [0.15, 0.2) is 29.2 Å². The molecule has 4 nitrogen and oxygen atoms in total. The Labute approximate surface area is 77.8 Å². The van der Waals surface area contributed by atoms with Crippen LogP contribution in [0.3, 0.4) is 0 Å². The van der Waals surface area contributed by atoms with E-state index < -0.39 is 17.8 Å². The van der Waals surface area contributed by atoms with E-state index in [1.165, 1.54) is 0 Å². The summed E-state index contributed by atoms with van der Waals surface area (Å²) < 4.78 is 7.04. The molecule has 0 saturated carbocycles. The number of hydrogen-bond acceptors (Lipinski definition) is 4. The maximum atomic E-state index is 10.0. The molecule has 0 aromatic heterocycles. The van der Waals surface area contributed by atoms with Crippen molar-refractivity contribution in [3.05, 3.63) is 31.5 Å². The van der Waals surface area contributed by atoms with Crippen LogP contribution in [0.1, 0.15) is 20.8 Å². The van der Waals surface area contributed by atoms with Gasteiger partial charge in [0.25, 0.3) is 0 Å². The Morgan fingerprint density at radius 3 is 2.00 bits per heavy atom. The van der Waals surface area contributed by atoms with Gasteiger partial charge in [0.15, 0.2) is 0 Å². The van der Waals surface area contributed by atoms with Crippen LogP contribution in [-0.4, -0.2) is 0 Å². The van der Waals surface area contributed by atoms with Crippen LogP contribution in [0.25, 0.3) is 0 Å². The summed E-state index contributed by atoms with van der Waals surface area (Å²) in [5.41, 5.74) is 2.03. The summed E-state index contributed by atoms with van der Waals surface area (Å²) in [6.07, 6.45) is 1.90. The molecule has 0 bridgehead atoms. The van der Waals surface area contributed by atoms with Gasteiger partial charge in [-0.05, 0) is 0 Å². The Bertz CT molecular complexity index is 224. The molecule has 0 heterocycles. The van der Waals surface area contributed by atoms with Crippen molar-refractivity contribution < 1.29 is 17.8 Å². The van der Waals surface area contributed by atoms with Crippen molar-refractivity contribution in [2.24, 2.45) is 7.47 Å². The molecule has 0 amide bonds. The van der Waals surface area contributed by atoms with Crippen LogP contribution in [0.4, 0.5) is 0 Å². The Hall–Kier alpha value is -0.632. The zero-order valence-electron chi connectivity index (χ0n) is 7.27. The molecule has 0 aliphatic heterocycles. The van der Waals surface area contributed by atoms with Crippen LogP contribution in [0, 0.1) is 9.81 Å². The van der Waals surface area contributed by atoms with Crippen molar-refractivity contribution in [2.75, 3.05) is 0 Å². The van der Waals surface area contributed by atoms with E-state index in [1.54, 1.807) is 4.47 Å². The van der Waals surface area contributed by atoms with Gasteiger partial charge in [-0.3, -0.25) is 0 Å². The number of nitroso groups, excluding NO2 is 2. The normalized spacial score (nSPS) is 11.2. The molecule has 0 rings (SSSR count). The van der Waals surface area contributed by atoms with Gasteiger partial charge < -0.3 is 0 Å². The molecule has 0 fully saturated rings. The van der Waals surface area contributed by atoms with Crippen molar-refractivity contribution in [1.82, 2.24) is 0 Å². The van der Waals surface area contributed by atoms with Crippen molar-refractivity contribution in [3.8, 4) is 0 Å². The summed E-state index contributed by atoms with van der Waals surface area (Å²) in [5, 5.41) is 0. The Morgan fingerprint density at radius 2 is 1.67 bits per heavy atom. The van der Waals surface area contributed by atoms with Crippen LogP contribution in [0.5, 0.6) is 0 Å². The molecule has 5 heteroatoms. The first kappa shape index (κ1) is 11.4. The molecule has 0 unspecified atom stereocenters. The SMILES string of the molecule is CC(C)=CC(C)=[CH][W]([N]=O)[N]=O. The van der Waals surface area contributed by atoms with Gasteiger partial charge in [0.05, 0.1) is 0 Å². The fourth-order valence-electron chi connectivity index (χ4n) is 0.712. The van der Waals surface area contributed by atoms with Crippen LogP contribution in [0.2, 0.25) is 0 Å². The van der Waals surface area contributed by atoms with E-state index in [4.69, 9.17) is 0 Å². The molecular weight excluding hydrogens is 328 g/mol. The second-order valence-electron chi connectivity index (χ2n) is 2.53. The summed E-state index contributed by atoms with van der Waals surface area (Å²) in [4.78, 5) is 20.1. The molecule has 12 heavy (non-hydrogen) atoms. The predicted molar refractivity (Wildman–Crippen MR) is 44.8 cm³/mol. The molecule has 0 atom stereocenters. The van der Waals surface area contributed by atoms with Gasteiger partial charge in [-0.1, -0.05) is 0 Å². The quantitative estimate of drug-likeness (QED) is 0.584. The summed E-state index contributed by atoms with van der Waals surface area (Å²) in [7, 11) is 0. The van der Waals surface area contributed by atoms with Crippen molar-refractivity contribution in [3.63, 3.8) is 0 Å². The van der Waals surface area contributed by atoms with E-state index in [0.29, 0.717) is 0 Å². The second kappa shape index (κ2) is 5.95. The number of nitrogens with zero attached hydrogens (tertiary/aromatic N) is 2. The van der Waals surface area contributed by atoms with Crippen LogP contribution in [-0.2, 0) is 17.8 Å². The standard InChI is InChI=1S/C7H11.2NO.W/c1-6(2)5-7(3)4;2*1-2;/h1,5H,2-4H3;;;/q;2*-1;+2. The van der Waals surface area contributed by atoms with Gasteiger partial charge in [-0.25, -0.2) is 0 Å². The van der Waals surface area contributed by atoms with Crippen molar-refractivity contribution in [2.45, 2.75) is 20.8 Å². The summed E-state index contributed by atoms with van der Waals surface area (Å²) in [6, 6.07) is 0. The monoisotopic (exact) mass is 339 g/mol. The van der Waals surface area contributed by atoms with E-state index in [0.717, 1.165) is 11.1 Å². The minimum atomic E-state index is -2.89. The molecule has 0 N–H and O–H groups in total. The van der Waals surface area contributed by atoms with E-state index in [1.807, 2.05) is 26.8 Å². The third-order valence-electron chi connectivity index (χ3n) is 0.960. The third-order valence-corrected chi connectivity index (χ3v) is 4.15. The Kier molecular flexibility index (Phi) is 5.64.